The van der Waals surface area contributed by atoms with E-state index in [9.17, 15) is 13.2 Å². The number of benzene rings is 3. The summed E-state index contributed by atoms with van der Waals surface area (Å²) in [6.45, 7) is 2.91. The molecule has 0 aliphatic carbocycles. The summed E-state index contributed by atoms with van der Waals surface area (Å²) >= 11 is 0. The van der Waals surface area contributed by atoms with Gasteiger partial charge < -0.3 is 5.32 Å². The molecule has 1 fully saturated rings. The van der Waals surface area contributed by atoms with Crippen molar-refractivity contribution in [1.29, 1.82) is 0 Å². The number of nitrogens with one attached hydrogen (secondary N) is 1. The number of aryl methyl sites for hydroxylation is 2. The molecular weight excluding hydrogens is 408 g/mol. The van der Waals surface area contributed by atoms with E-state index >= 15 is 0 Å². The van der Waals surface area contributed by atoms with Gasteiger partial charge in [-0.25, -0.2) is 8.42 Å². The van der Waals surface area contributed by atoms with Crippen LogP contribution in [0.1, 0.15) is 40.7 Å². The molecule has 1 amide bonds. The predicted octanol–water partition coefficient (Wildman–Crippen LogP) is 4.44. The van der Waals surface area contributed by atoms with E-state index in [-0.39, 0.29) is 11.7 Å². The van der Waals surface area contributed by atoms with E-state index in [4.69, 9.17) is 0 Å². The Labute approximate surface area is 184 Å². The normalized spacial score (nSPS) is 15.7. The lowest BCUT2D eigenvalue weighted by Gasteiger charge is -2.29. The number of fused-ring (bicyclic) bond motifs is 1. The second-order valence-electron chi connectivity index (χ2n) is 8.09. The number of rotatable bonds is 6. The molecule has 0 spiro atoms. The summed E-state index contributed by atoms with van der Waals surface area (Å²) in [5, 5.41) is 5.46. The number of sulfonamides is 1. The summed E-state index contributed by atoms with van der Waals surface area (Å²) in [6.07, 6.45) is 3.24. The molecule has 1 aliphatic rings. The van der Waals surface area contributed by atoms with Crippen molar-refractivity contribution in [2.24, 2.45) is 0 Å². The molecule has 3 aromatic carbocycles. The van der Waals surface area contributed by atoms with Gasteiger partial charge in [-0.15, -0.1) is 0 Å². The highest BCUT2D eigenvalue weighted by Crippen LogP contribution is 2.28. The molecule has 0 atom stereocenters. The fourth-order valence-electron chi connectivity index (χ4n) is 4.17. The monoisotopic (exact) mass is 436 g/mol. The van der Waals surface area contributed by atoms with E-state index in [0.717, 1.165) is 24.8 Å². The van der Waals surface area contributed by atoms with Crippen LogP contribution in [-0.2, 0) is 16.4 Å². The third-order valence-corrected chi connectivity index (χ3v) is 7.73. The number of anilines is 1. The summed E-state index contributed by atoms with van der Waals surface area (Å²) in [5.74, 6) is -0.00889. The molecule has 0 saturated carbocycles. The lowest BCUT2D eigenvalue weighted by Crippen LogP contribution is -2.38. The molecule has 162 valence electrons. The first-order chi connectivity index (χ1) is 15.0. The fraction of sp³-hybridized carbons (Fsp3) is 0.320. The van der Waals surface area contributed by atoms with Crippen molar-refractivity contribution in [2.45, 2.75) is 32.6 Å². The van der Waals surface area contributed by atoms with Crippen molar-refractivity contribution in [1.82, 2.24) is 5.32 Å². The highest BCUT2D eigenvalue weighted by Gasteiger charge is 2.27. The quantitative estimate of drug-likeness (QED) is 0.581. The predicted molar refractivity (Wildman–Crippen MR) is 126 cm³/mol. The second kappa shape index (κ2) is 9.10. The lowest BCUT2D eigenvalue weighted by atomic mass is 10.0. The molecule has 1 aliphatic heterocycles. The lowest BCUT2D eigenvalue weighted by molar-refractivity contribution is 0.0953. The van der Waals surface area contributed by atoms with Crippen molar-refractivity contribution in [2.75, 3.05) is 23.1 Å². The van der Waals surface area contributed by atoms with Gasteiger partial charge in [0, 0.05) is 18.7 Å². The third kappa shape index (κ3) is 4.74. The van der Waals surface area contributed by atoms with Gasteiger partial charge in [0.2, 0.25) is 10.0 Å². The van der Waals surface area contributed by atoms with E-state index in [1.54, 1.807) is 12.1 Å². The Balaban J connectivity index is 1.40. The van der Waals surface area contributed by atoms with Gasteiger partial charge in [0.25, 0.3) is 5.91 Å². The smallest absolute Gasteiger partial charge is 0.251 e. The number of hydrogen-bond acceptors (Lipinski definition) is 3. The number of nitrogens with zero attached hydrogens (tertiary/aromatic N) is 1. The summed E-state index contributed by atoms with van der Waals surface area (Å²) in [5.41, 5.74) is 3.24. The van der Waals surface area contributed by atoms with Crippen molar-refractivity contribution in [3.63, 3.8) is 0 Å². The van der Waals surface area contributed by atoms with Crippen LogP contribution < -0.4 is 9.62 Å². The van der Waals surface area contributed by atoms with Crippen molar-refractivity contribution < 1.29 is 13.2 Å². The van der Waals surface area contributed by atoms with Crippen LogP contribution >= 0.6 is 0 Å². The summed E-state index contributed by atoms with van der Waals surface area (Å²) in [6, 6.07) is 19.9. The van der Waals surface area contributed by atoms with Crippen LogP contribution in [0.5, 0.6) is 0 Å². The SMILES string of the molecule is Cc1ccc(C(=O)NCCCc2cccc3ccccc23)cc1N1CCCCS1(=O)=O. The van der Waals surface area contributed by atoms with Gasteiger partial charge in [-0.2, -0.15) is 0 Å². The maximum atomic E-state index is 12.7. The van der Waals surface area contributed by atoms with Crippen LogP contribution in [0, 0.1) is 6.92 Å². The molecule has 3 aromatic rings. The average Bonchev–Trinajstić information content (AvgIpc) is 2.77. The molecule has 5 nitrogen and oxygen atoms in total. The van der Waals surface area contributed by atoms with Crippen LogP contribution in [0.4, 0.5) is 5.69 Å². The molecule has 0 radical (unpaired) electrons. The van der Waals surface area contributed by atoms with Gasteiger partial charge in [0.15, 0.2) is 0 Å². The first-order valence-electron chi connectivity index (χ1n) is 10.8. The first-order valence-corrected chi connectivity index (χ1v) is 12.4. The Morgan fingerprint density at radius 3 is 2.68 bits per heavy atom. The maximum Gasteiger partial charge on any atom is 0.251 e. The molecule has 6 heteroatoms. The molecule has 1 heterocycles. The zero-order chi connectivity index (χ0) is 21.8. The maximum absolute atomic E-state index is 12.7. The van der Waals surface area contributed by atoms with Crippen molar-refractivity contribution in [3.05, 3.63) is 77.4 Å². The molecule has 31 heavy (non-hydrogen) atoms. The Morgan fingerprint density at radius 1 is 1.03 bits per heavy atom. The summed E-state index contributed by atoms with van der Waals surface area (Å²) in [7, 11) is -3.31. The van der Waals surface area contributed by atoms with Gasteiger partial charge in [0.05, 0.1) is 11.4 Å². The number of amides is 1. The Kier molecular flexibility index (Phi) is 6.28. The summed E-state index contributed by atoms with van der Waals surface area (Å²) in [4.78, 5) is 12.7. The van der Waals surface area contributed by atoms with E-state index in [0.29, 0.717) is 30.8 Å². The highest BCUT2D eigenvalue weighted by molar-refractivity contribution is 7.92. The van der Waals surface area contributed by atoms with E-state index < -0.39 is 10.0 Å². The second-order valence-corrected chi connectivity index (χ2v) is 10.1. The first kappa shape index (κ1) is 21.4. The minimum absolute atomic E-state index is 0.164. The van der Waals surface area contributed by atoms with Crippen LogP contribution in [0.25, 0.3) is 10.8 Å². The molecule has 4 rings (SSSR count). The number of carbonyl (C=O) groups is 1. The van der Waals surface area contributed by atoms with Gasteiger partial charge >= 0.3 is 0 Å². The highest BCUT2D eigenvalue weighted by atomic mass is 32.2. The summed E-state index contributed by atoms with van der Waals surface area (Å²) < 4.78 is 26.4. The van der Waals surface area contributed by atoms with Gasteiger partial charge in [-0.1, -0.05) is 48.5 Å². The Hall–Kier alpha value is -2.86. The number of hydrogen-bond donors (Lipinski definition) is 1. The minimum atomic E-state index is -3.31. The van der Waals surface area contributed by atoms with Crippen LogP contribution in [0.15, 0.2) is 60.7 Å². The molecular formula is C25H28N2O3S. The topological polar surface area (TPSA) is 66.5 Å². The van der Waals surface area contributed by atoms with Gasteiger partial charge in [0.1, 0.15) is 0 Å². The average molecular weight is 437 g/mol. The Morgan fingerprint density at radius 2 is 1.84 bits per heavy atom. The zero-order valence-corrected chi connectivity index (χ0v) is 18.6. The van der Waals surface area contributed by atoms with E-state index in [1.807, 2.05) is 25.1 Å². The molecule has 0 aromatic heterocycles. The third-order valence-electron chi connectivity index (χ3n) is 5.88. The van der Waals surface area contributed by atoms with Crippen molar-refractivity contribution >= 4 is 32.4 Å². The van der Waals surface area contributed by atoms with E-state index in [1.165, 1.54) is 20.6 Å². The van der Waals surface area contributed by atoms with Crippen LogP contribution in [0.3, 0.4) is 0 Å². The standard InChI is InChI=1S/C25H28N2O3S/c1-19-13-14-22(18-24(19)27-16-4-5-17-31(27,29)30)25(28)26-15-7-11-21-10-6-9-20-8-2-3-12-23(20)21/h2-3,6,8-10,12-14,18H,4-5,7,11,15-17H2,1H3,(H,26,28). The molecule has 0 bridgehead atoms. The van der Waals surface area contributed by atoms with Crippen LogP contribution in [0.2, 0.25) is 0 Å². The van der Waals surface area contributed by atoms with Crippen LogP contribution in [-0.4, -0.2) is 33.2 Å². The molecule has 0 unspecified atom stereocenters. The molecule has 1 saturated heterocycles. The van der Waals surface area contributed by atoms with Gasteiger partial charge in [-0.3, -0.25) is 9.10 Å². The fourth-order valence-corrected chi connectivity index (χ4v) is 5.87. The van der Waals surface area contributed by atoms with Crippen molar-refractivity contribution in [3.8, 4) is 0 Å². The molecule has 1 N–H and O–H groups in total. The minimum Gasteiger partial charge on any atom is -0.352 e. The van der Waals surface area contributed by atoms with Gasteiger partial charge in [-0.05, 0) is 66.6 Å². The Bertz CT molecular complexity index is 1200. The number of carbonyl (C=O) groups excluding carboxylic acids is 1. The largest absolute Gasteiger partial charge is 0.352 e. The zero-order valence-electron chi connectivity index (χ0n) is 17.8. The van der Waals surface area contributed by atoms with E-state index in [2.05, 4.69) is 35.6 Å².